The molecule has 0 aromatic heterocycles. The molecule has 0 aromatic carbocycles. The van der Waals surface area contributed by atoms with E-state index >= 15 is 0 Å². The Kier molecular flexibility index (Phi) is 17.7. The Bertz CT molecular complexity index is 2070. The van der Waals surface area contributed by atoms with E-state index in [-0.39, 0.29) is 98.8 Å². The van der Waals surface area contributed by atoms with Gasteiger partial charge in [0.05, 0.1) is 0 Å². The first-order chi connectivity index (χ1) is 31.5. The van der Waals surface area contributed by atoms with E-state index in [0.29, 0.717) is 43.1 Å². The molecule has 0 saturated heterocycles. The minimum absolute atomic E-state index is 0.00873. The molecule has 68 heavy (non-hydrogen) atoms. The fourth-order valence-corrected chi connectivity index (χ4v) is 11.5. The molecule has 0 amide bonds. The summed E-state index contributed by atoms with van der Waals surface area (Å²) >= 11 is 0. The molecule has 0 heterocycles. The molecule has 8 rings (SSSR count). The largest absolute Gasteiger partial charge is 0.462 e. The number of carbonyl (C=O) groups excluding carboxylic acids is 12. The molecule has 4 unspecified atom stereocenters. The van der Waals surface area contributed by atoms with Gasteiger partial charge in [-0.3, -0.25) is 43.2 Å². The van der Waals surface area contributed by atoms with E-state index in [9.17, 15) is 57.5 Å². The van der Waals surface area contributed by atoms with Gasteiger partial charge in [0.2, 0.25) is 5.78 Å². The lowest BCUT2D eigenvalue weighted by Crippen LogP contribution is -2.69. The quantitative estimate of drug-likeness (QED) is 0.0423. The van der Waals surface area contributed by atoms with Gasteiger partial charge in [0, 0.05) is 43.8 Å². The number of esters is 7. The van der Waals surface area contributed by atoms with Gasteiger partial charge in [-0.1, -0.05) is 13.2 Å². The van der Waals surface area contributed by atoms with Gasteiger partial charge in [-0.25, -0.2) is 14.4 Å². The lowest BCUT2D eigenvalue weighted by Gasteiger charge is -2.63. The van der Waals surface area contributed by atoms with Crippen LogP contribution in [0.15, 0.2) is 24.3 Å². The highest BCUT2D eigenvalue weighted by atomic mass is 16.6. The predicted octanol–water partition coefficient (Wildman–Crippen LogP) is 4.72. The molecule has 8 bridgehead atoms. The van der Waals surface area contributed by atoms with Crippen LogP contribution in [0.25, 0.3) is 0 Å². The van der Waals surface area contributed by atoms with Crippen LogP contribution in [0, 0.1) is 17.8 Å². The maximum Gasteiger partial charge on any atom is 0.374 e. The van der Waals surface area contributed by atoms with Gasteiger partial charge in [0.1, 0.15) is 90.0 Å². The van der Waals surface area contributed by atoms with Gasteiger partial charge >= 0.3 is 41.8 Å². The Labute approximate surface area is 395 Å². The van der Waals surface area contributed by atoms with Gasteiger partial charge in [0.15, 0.2) is 0 Å². The number of hydrogen-bond donors (Lipinski definition) is 0. The summed E-state index contributed by atoms with van der Waals surface area (Å²) in [7, 11) is 0. The van der Waals surface area contributed by atoms with Crippen LogP contribution in [0.1, 0.15) is 151 Å². The van der Waals surface area contributed by atoms with Crippen molar-refractivity contribution < 1.29 is 90.7 Å². The average Bonchev–Trinajstić information content (AvgIpc) is 3.13. The molecule has 0 spiro atoms. The van der Waals surface area contributed by atoms with Crippen molar-refractivity contribution in [2.45, 2.75) is 179 Å². The first kappa shape index (κ1) is 54.7. The average molecular weight is 957 g/mol. The fourth-order valence-electron chi connectivity index (χ4n) is 11.5. The summed E-state index contributed by atoms with van der Waals surface area (Å²) in [6, 6.07) is 0. The predicted molar refractivity (Wildman–Crippen MR) is 233 cm³/mol. The molecule has 4 atom stereocenters. The molecule has 0 N–H and O–H groups in total. The van der Waals surface area contributed by atoms with Crippen LogP contribution >= 0.6 is 0 Å². The van der Waals surface area contributed by atoms with Gasteiger partial charge in [-0.2, -0.15) is 0 Å². The van der Waals surface area contributed by atoms with E-state index in [1.165, 1.54) is 27.7 Å². The summed E-state index contributed by atoms with van der Waals surface area (Å²) in [5.41, 5.74) is -3.39. The third-order valence-electron chi connectivity index (χ3n) is 12.6. The third kappa shape index (κ3) is 15.3. The van der Waals surface area contributed by atoms with Crippen LogP contribution in [-0.2, 0) is 90.7 Å². The molecule has 8 aliphatic rings. The molecule has 374 valence electrons. The molecular formula is C49H64O19. The molecular weight excluding hydrogens is 893 g/mol. The van der Waals surface area contributed by atoms with Crippen LogP contribution in [0.3, 0.4) is 0 Å². The van der Waals surface area contributed by atoms with Crippen LogP contribution in [0.2, 0.25) is 0 Å². The SMILES string of the molecule is C=C(C)C(=O)OC12CC3CC(CC(OC(=O)CC(C)=O)(C3)C1)C2.C=C(C)C(=O)OC12CC3CC(OC(=O)CC(C)=O)(CC(OC(=O)CC(C)=O)(C3)C1)C2.CC(=O)CC(=O)OCCOC(=O)C(C)=O. The van der Waals surface area contributed by atoms with Gasteiger partial charge in [-0.15, -0.1) is 0 Å². The first-order valence-corrected chi connectivity index (χ1v) is 22.7. The zero-order valence-corrected chi connectivity index (χ0v) is 40.1. The van der Waals surface area contributed by atoms with E-state index in [1.807, 2.05) is 0 Å². The highest BCUT2D eigenvalue weighted by Crippen LogP contribution is 2.63. The zero-order chi connectivity index (χ0) is 51.0. The number of ketones is 5. The maximum absolute atomic E-state index is 12.3. The summed E-state index contributed by atoms with van der Waals surface area (Å²) in [6.45, 7) is 16.5. The first-order valence-electron chi connectivity index (χ1n) is 22.7. The summed E-state index contributed by atoms with van der Waals surface area (Å²) in [6.07, 6.45) is 6.30. The van der Waals surface area contributed by atoms with Crippen molar-refractivity contribution in [1.29, 1.82) is 0 Å². The Morgan fingerprint density at radius 1 is 0.382 bits per heavy atom. The van der Waals surface area contributed by atoms with Crippen molar-refractivity contribution in [1.82, 2.24) is 0 Å². The van der Waals surface area contributed by atoms with Crippen LogP contribution in [0.5, 0.6) is 0 Å². The molecule has 8 aliphatic carbocycles. The standard InChI is InChI=1S/C22H28O8.C18H24O5.C9H12O6/c1-13(2)19(27)30-22-9-16-7-20(11-22,28-17(25)5-14(3)23)10-21(8-16,12-22)29-18(26)6-15(4)24;1-11(2)16(21)23-18-8-13-5-14(9-18)7-17(6-13,10-18)22-15(20)4-12(3)19;1-6(10)5-8(12)14-3-4-15-9(13)7(2)11/h16H,1,5-12H2,2-4H3;13-14H,1,4-10H2,2-3H3;3-5H2,1-2H3. The topological polar surface area (TPSA) is 269 Å². The number of rotatable bonds is 19. The van der Waals surface area contributed by atoms with E-state index in [2.05, 4.69) is 22.6 Å². The summed E-state index contributed by atoms with van der Waals surface area (Å²) < 4.78 is 37.9. The van der Waals surface area contributed by atoms with Crippen molar-refractivity contribution in [3.8, 4) is 0 Å². The molecule has 0 radical (unpaired) electrons. The Morgan fingerprint density at radius 3 is 1.04 bits per heavy atom. The Hall–Kier alpha value is -5.88. The minimum Gasteiger partial charge on any atom is -0.462 e. The van der Waals surface area contributed by atoms with Gasteiger partial charge < -0.3 is 33.2 Å². The lowest BCUT2D eigenvalue weighted by molar-refractivity contribution is -0.271. The highest BCUT2D eigenvalue weighted by Gasteiger charge is 2.68. The van der Waals surface area contributed by atoms with E-state index < -0.39 is 69.6 Å². The Morgan fingerprint density at radius 2 is 0.676 bits per heavy atom. The monoisotopic (exact) mass is 956 g/mol. The lowest BCUT2D eigenvalue weighted by atomic mass is 9.50. The number of Topliss-reactive ketones (excluding diaryl/α,β-unsaturated/α-hetero) is 5. The molecule has 19 heteroatoms. The van der Waals surface area contributed by atoms with Crippen LogP contribution in [-0.4, -0.2) is 112 Å². The molecule has 19 nitrogen and oxygen atoms in total. The maximum atomic E-state index is 12.3. The summed E-state index contributed by atoms with van der Waals surface area (Å²) in [5, 5.41) is 0. The van der Waals surface area contributed by atoms with Crippen LogP contribution < -0.4 is 0 Å². The summed E-state index contributed by atoms with van der Waals surface area (Å²) in [4.78, 5) is 137. The Balaban J connectivity index is 0.000000236. The van der Waals surface area contributed by atoms with Crippen molar-refractivity contribution in [2.75, 3.05) is 13.2 Å². The molecule has 8 saturated carbocycles. The zero-order valence-electron chi connectivity index (χ0n) is 40.1. The number of ether oxygens (including phenoxy) is 7. The van der Waals surface area contributed by atoms with Gasteiger partial charge in [-0.05, 0) is 111 Å². The highest BCUT2D eigenvalue weighted by molar-refractivity contribution is 6.32. The summed E-state index contributed by atoms with van der Waals surface area (Å²) in [5.74, 6) is -5.30. The van der Waals surface area contributed by atoms with E-state index in [4.69, 9.17) is 23.7 Å². The van der Waals surface area contributed by atoms with Crippen molar-refractivity contribution in [3.63, 3.8) is 0 Å². The second-order valence-electron chi connectivity index (χ2n) is 20.1. The fraction of sp³-hybridized carbons (Fsp3) is 0.673. The minimum atomic E-state index is -0.988. The van der Waals surface area contributed by atoms with E-state index in [0.717, 1.165) is 39.0 Å². The number of hydrogen-bond acceptors (Lipinski definition) is 19. The van der Waals surface area contributed by atoms with E-state index in [1.54, 1.807) is 13.8 Å². The number of carbonyl (C=O) groups is 12. The van der Waals surface area contributed by atoms with Gasteiger partial charge in [0.25, 0.3) is 0 Å². The molecule has 0 aliphatic heterocycles. The third-order valence-corrected chi connectivity index (χ3v) is 12.6. The van der Waals surface area contributed by atoms with Crippen LogP contribution in [0.4, 0.5) is 0 Å². The second-order valence-corrected chi connectivity index (χ2v) is 20.1. The smallest absolute Gasteiger partial charge is 0.374 e. The van der Waals surface area contributed by atoms with Crippen molar-refractivity contribution >= 4 is 70.7 Å². The second kappa shape index (κ2) is 22.0. The molecule has 8 fully saturated rings. The molecule has 0 aromatic rings. The van der Waals surface area contributed by atoms with Crippen molar-refractivity contribution in [3.05, 3.63) is 24.3 Å². The van der Waals surface area contributed by atoms with Crippen molar-refractivity contribution in [2.24, 2.45) is 17.8 Å². The normalized spacial score (nSPS) is 29.4.